The predicted molar refractivity (Wildman–Crippen MR) is 272 cm³/mol. The Kier molecular flexibility index (Phi) is 44.8. The Morgan fingerprint density at radius 3 is 1.33 bits per heavy atom. The number of carboxylic acid groups (broad SMARTS) is 1. The van der Waals surface area contributed by atoms with Gasteiger partial charge in [-0.25, -0.2) is 9.36 Å². The molecule has 0 aliphatic rings. The first-order chi connectivity index (χ1) is 32.1. The van der Waals surface area contributed by atoms with E-state index in [4.69, 9.17) is 13.8 Å². The van der Waals surface area contributed by atoms with Crippen molar-refractivity contribution in [3.8, 4) is 0 Å². The van der Waals surface area contributed by atoms with Crippen molar-refractivity contribution in [3.05, 3.63) is 109 Å². The van der Waals surface area contributed by atoms with E-state index in [1.165, 1.54) is 25.7 Å². The van der Waals surface area contributed by atoms with Crippen LogP contribution in [-0.4, -0.2) is 64.9 Å². The fourth-order valence-corrected chi connectivity index (χ4v) is 6.98. The molecule has 374 valence electrons. The number of aliphatic carboxylic acids is 1. The van der Waals surface area contributed by atoms with Crippen molar-refractivity contribution in [1.29, 1.82) is 0 Å². The molecule has 0 aromatic rings. The Labute approximate surface area is 399 Å². The molecule has 66 heavy (non-hydrogen) atoms. The molecule has 4 N–H and O–H groups in total. The zero-order valence-electron chi connectivity index (χ0n) is 40.7. The van der Waals surface area contributed by atoms with Gasteiger partial charge in [0, 0.05) is 12.8 Å². The van der Waals surface area contributed by atoms with Gasteiger partial charge < -0.3 is 25.2 Å². The molecule has 0 heterocycles. The van der Waals surface area contributed by atoms with E-state index >= 15 is 0 Å². The zero-order chi connectivity index (χ0) is 48.4. The molecule has 11 nitrogen and oxygen atoms in total. The van der Waals surface area contributed by atoms with Gasteiger partial charge >= 0.3 is 19.8 Å². The van der Waals surface area contributed by atoms with E-state index in [2.05, 4.69) is 129 Å². The third-order valence-electron chi connectivity index (χ3n) is 10.0. The largest absolute Gasteiger partial charge is 0.480 e. The van der Waals surface area contributed by atoms with Crippen LogP contribution in [0.5, 0.6) is 0 Å². The summed E-state index contributed by atoms with van der Waals surface area (Å²) in [6, 6.07) is -1.57. The van der Waals surface area contributed by atoms with Crippen molar-refractivity contribution in [2.24, 2.45) is 0 Å². The molecule has 0 bridgehead atoms. The predicted octanol–water partition coefficient (Wildman–Crippen LogP) is 13.8. The molecule has 0 fully saturated rings. The third kappa shape index (κ3) is 46.7. The average molecular weight is 942 g/mol. The maximum absolute atomic E-state index is 12.3. The highest BCUT2D eigenvalue weighted by atomic mass is 31.2. The smallest absolute Gasteiger partial charge is 0.472 e. The minimum Gasteiger partial charge on any atom is -0.480 e. The van der Waals surface area contributed by atoms with E-state index in [0.717, 1.165) is 116 Å². The van der Waals surface area contributed by atoms with E-state index < -0.39 is 57.6 Å². The minimum absolute atomic E-state index is 0.101. The summed E-state index contributed by atoms with van der Waals surface area (Å²) in [5, 5.41) is 21.9. The number of aliphatic hydroxyl groups is 1. The normalized spacial score (nSPS) is 14.5. The van der Waals surface area contributed by atoms with Crippen LogP contribution in [0.2, 0.25) is 0 Å². The lowest BCUT2D eigenvalue weighted by molar-refractivity contribution is -0.147. The van der Waals surface area contributed by atoms with Crippen LogP contribution in [0.4, 0.5) is 0 Å². The van der Waals surface area contributed by atoms with E-state index in [1.54, 1.807) is 0 Å². The Bertz CT molecular complexity index is 1530. The number of esters is 1. The summed E-state index contributed by atoms with van der Waals surface area (Å²) < 4.78 is 26.9. The highest BCUT2D eigenvalue weighted by molar-refractivity contribution is 7.47. The lowest BCUT2D eigenvalue weighted by Gasteiger charge is -2.18. The van der Waals surface area contributed by atoms with Crippen molar-refractivity contribution >= 4 is 25.7 Å². The third-order valence-corrected chi connectivity index (χ3v) is 11.0. The zero-order valence-corrected chi connectivity index (χ0v) is 41.6. The van der Waals surface area contributed by atoms with Crippen LogP contribution in [0.3, 0.4) is 0 Å². The van der Waals surface area contributed by atoms with Crippen LogP contribution in [0.15, 0.2) is 109 Å². The molecule has 0 saturated carbocycles. The number of unbranched alkanes of at least 4 members (excludes halogenated alkanes) is 13. The summed E-state index contributed by atoms with van der Waals surface area (Å²) in [5.41, 5.74) is 0. The Morgan fingerprint density at radius 1 is 0.500 bits per heavy atom. The maximum atomic E-state index is 12.3. The van der Waals surface area contributed by atoms with Crippen LogP contribution < -0.4 is 5.32 Å². The van der Waals surface area contributed by atoms with Gasteiger partial charge in [0.15, 0.2) is 6.04 Å². The van der Waals surface area contributed by atoms with Gasteiger partial charge in [-0.05, 0) is 103 Å². The van der Waals surface area contributed by atoms with Gasteiger partial charge in [-0.3, -0.25) is 18.6 Å². The second kappa shape index (κ2) is 47.6. The Balaban J connectivity index is 3.94. The molecule has 3 unspecified atom stereocenters. The van der Waals surface area contributed by atoms with Crippen LogP contribution in [0.25, 0.3) is 0 Å². The summed E-state index contributed by atoms with van der Waals surface area (Å²) in [6.07, 6.45) is 62.5. The summed E-state index contributed by atoms with van der Waals surface area (Å²) in [5.74, 6) is -2.44. The molecular weight excluding hydrogens is 854 g/mol. The molecule has 0 rings (SSSR count). The summed E-state index contributed by atoms with van der Waals surface area (Å²) in [4.78, 5) is 46.1. The number of rotatable bonds is 45. The molecule has 3 atom stereocenters. The van der Waals surface area contributed by atoms with Gasteiger partial charge in [0.1, 0.15) is 12.7 Å². The van der Waals surface area contributed by atoms with Gasteiger partial charge in [0.25, 0.3) is 0 Å². The number of aliphatic hydroxyl groups excluding tert-OH is 1. The quantitative estimate of drug-likeness (QED) is 0.0200. The number of carbonyl (C=O) groups excluding carboxylic acids is 2. The second-order valence-corrected chi connectivity index (χ2v) is 17.7. The first-order valence-electron chi connectivity index (χ1n) is 24.9. The number of carbonyl (C=O) groups is 3. The standard InChI is InChI=1S/C54H88NO10P/c1-3-5-7-9-11-13-15-17-19-21-23-24-25-26-28-30-32-34-36-38-40-42-44-46-53(58)63-47-50(56)48-64-66(61,62)65-49-51(54(59)60)55-52(57)45-43-41-39-37-35-33-31-29-27-22-20-18-16-14-12-10-8-6-4-2/h5,7,11-14,17-20,23-24,26-29,33,35,50-51,56H,3-4,6,8-10,15-16,21-22,25,30-32,34,36-49H2,1-2H3,(H,55,57)(H,59,60)(H,61,62)/b7-5-,13-11-,14-12-,19-17-,20-18-,24-23-,28-26-,29-27-,35-33-. The highest BCUT2D eigenvalue weighted by Crippen LogP contribution is 2.43. The van der Waals surface area contributed by atoms with Crippen molar-refractivity contribution in [2.75, 3.05) is 19.8 Å². The number of ether oxygens (including phenoxy) is 1. The lowest BCUT2D eigenvalue weighted by atomic mass is 10.1. The number of carboxylic acids is 1. The van der Waals surface area contributed by atoms with E-state index in [9.17, 15) is 34.1 Å². The SMILES string of the molecule is CC/C=C\C/C=C\C/C=C\C/C=C\C/C=C\CCCCCCCCCC(=O)OCC(O)COP(=O)(O)OCC(NC(=O)CCCCC/C=C\C/C=C\C/C=C\C/C=C\CCCCC)C(=O)O. The van der Waals surface area contributed by atoms with Gasteiger partial charge in [-0.15, -0.1) is 0 Å². The Morgan fingerprint density at radius 2 is 0.879 bits per heavy atom. The molecule has 12 heteroatoms. The molecule has 0 aromatic heterocycles. The minimum atomic E-state index is -4.78. The fraction of sp³-hybridized carbons (Fsp3) is 0.611. The molecule has 0 aliphatic carbocycles. The number of nitrogens with one attached hydrogen (secondary N) is 1. The molecular formula is C54H88NO10P. The van der Waals surface area contributed by atoms with Crippen LogP contribution in [0.1, 0.15) is 181 Å². The first-order valence-corrected chi connectivity index (χ1v) is 26.4. The lowest BCUT2D eigenvalue weighted by Crippen LogP contribution is -2.43. The van der Waals surface area contributed by atoms with Crippen molar-refractivity contribution in [1.82, 2.24) is 5.32 Å². The van der Waals surface area contributed by atoms with E-state index in [0.29, 0.717) is 12.8 Å². The summed E-state index contributed by atoms with van der Waals surface area (Å²) in [7, 11) is -4.78. The van der Waals surface area contributed by atoms with Crippen LogP contribution in [0, 0.1) is 0 Å². The number of allylic oxidation sites excluding steroid dienone is 18. The topological polar surface area (TPSA) is 169 Å². The second-order valence-electron chi connectivity index (χ2n) is 16.3. The molecule has 0 saturated heterocycles. The average Bonchev–Trinajstić information content (AvgIpc) is 3.29. The van der Waals surface area contributed by atoms with Crippen molar-refractivity contribution in [3.63, 3.8) is 0 Å². The maximum Gasteiger partial charge on any atom is 0.472 e. The molecule has 0 spiro atoms. The van der Waals surface area contributed by atoms with E-state index in [-0.39, 0.29) is 12.8 Å². The van der Waals surface area contributed by atoms with Crippen LogP contribution in [-0.2, 0) is 32.7 Å². The monoisotopic (exact) mass is 942 g/mol. The Hall–Kier alpha value is -3.86. The summed E-state index contributed by atoms with van der Waals surface area (Å²) >= 11 is 0. The number of hydrogen-bond donors (Lipinski definition) is 4. The van der Waals surface area contributed by atoms with E-state index in [1.807, 2.05) is 0 Å². The fourth-order valence-electron chi connectivity index (χ4n) is 6.21. The van der Waals surface area contributed by atoms with Gasteiger partial charge in [0.05, 0.1) is 13.2 Å². The van der Waals surface area contributed by atoms with Gasteiger partial charge in [0.2, 0.25) is 5.91 Å². The molecule has 0 aliphatic heterocycles. The highest BCUT2D eigenvalue weighted by Gasteiger charge is 2.28. The number of phosphoric acid groups is 1. The van der Waals surface area contributed by atoms with Crippen molar-refractivity contribution in [2.45, 2.75) is 193 Å². The van der Waals surface area contributed by atoms with Crippen LogP contribution >= 0.6 is 7.82 Å². The van der Waals surface area contributed by atoms with Gasteiger partial charge in [-0.1, -0.05) is 175 Å². The van der Waals surface area contributed by atoms with Crippen molar-refractivity contribution < 1.29 is 47.8 Å². The number of phosphoric ester groups is 1. The molecule has 0 radical (unpaired) electrons. The number of hydrogen-bond acceptors (Lipinski definition) is 8. The number of amides is 1. The molecule has 0 aromatic carbocycles. The molecule has 1 amide bonds. The van der Waals surface area contributed by atoms with Gasteiger partial charge in [-0.2, -0.15) is 0 Å². The first kappa shape index (κ1) is 62.1. The summed E-state index contributed by atoms with van der Waals surface area (Å²) in [6.45, 7) is 2.41.